The van der Waals surface area contributed by atoms with E-state index in [0.717, 1.165) is 11.4 Å². The lowest BCUT2D eigenvalue weighted by molar-refractivity contribution is -0.116. The number of hydrogen-bond donors (Lipinski definition) is 2. The third-order valence-corrected chi connectivity index (χ3v) is 2.47. The summed E-state index contributed by atoms with van der Waals surface area (Å²) in [6.07, 6.45) is 1.17. The van der Waals surface area contributed by atoms with E-state index in [1.807, 2.05) is 50.2 Å². The Hall–Kier alpha value is -1.55. The topological polar surface area (TPSA) is 58.4 Å². The molecule has 17 heavy (non-hydrogen) atoms. The zero-order valence-electron chi connectivity index (χ0n) is 10.7. The molecule has 1 amide bonds. The van der Waals surface area contributed by atoms with Crippen LogP contribution in [-0.2, 0) is 4.79 Å². The quantitative estimate of drug-likeness (QED) is 0.818. The van der Waals surface area contributed by atoms with Crippen molar-refractivity contribution in [3.8, 4) is 0 Å². The normalized spacial score (nSPS) is 12.0. The van der Waals surface area contributed by atoms with E-state index in [1.54, 1.807) is 0 Å². The number of hydrogen-bond acceptors (Lipinski definition) is 3. The molecule has 0 bridgehead atoms. The van der Waals surface area contributed by atoms with E-state index < -0.39 is 0 Å². The number of anilines is 2. The molecule has 0 aliphatic rings. The minimum Gasteiger partial charge on any atom is -0.378 e. The fraction of sp³-hybridized carbons (Fsp3) is 0.462. The average molecular weight is 235 g/mol. The molecule has 0 spiro atoms. The zero-order valence-corrected chi connectivity index (χ0v) is 10.7. The van der Waals surface area contributed by atoms with Crippen LogP contribution in [0.15, 0.2) is 24.3 Å². The van der Waals surface area contributed by atoms with Crippen LogP contribution < -0.4 is 16.0 Å². The average Bonchev–Trinajstić information content (AvgIpc) is 2.26. The lowest BCUT2D eigenvalue weighted by Gasteiger charge is -2.14. The third-order valence-electron chi connectivity index (χ3n) is 2.47. The van der Waals surface area contributed by atoms with Crippen LogP contribution in [0.4, 0.5) is 11.4 Å². The molecule has 3 N–H and O–H groups in total. The SMILES string of the molecule is CC(N)CCC(=O)Nc1cccc(N(C)C)c1. The molecule has 1 unspecified atom stereocenters. The number of carbonyl (C=O) groups is 1. The van der Waals surface area contributed by atoms with Crippen molar-refractivity contribution in [2.24, 2.45) is 5.73 Å². The molecule has 1 rings (SSSR count). The van der Waals surface area contributed by atoms with Crippen molar-refractivity contribution in [1.29, 1.82) is 0 Å². The van der Waals surface area contributed by atoms with Gasteiger partial charge in [0, 0.05) is 37.9 Å². The van der Waals surface area contributed by atoms with E-state index in [0.29, 0.717) is 12.8 Å². The van der Waals surface area contributed by atoms with Crippen molar-refractivity contribution in [1.82, 2.24) is 0 Å². The van der Waals surface area contributed by atoms with Crippen LogP contribution in [-0.4, -0.2) is 26.0 Å². The first-order chi connectivity index (χ1) is 7.99. The monoisotopic (exact) mass is 235 g/mol. The van der Waals surface area contributed by atoms with E-state index in [-0.39, 0.29) is 11.9 Å². The molecule has 1 aromatic rings. The fourth-order valence-corrected chi connectivity index (χ4v) is 1.44. The van der Waals surface area contributed by atoms with Crippen LogP contribution in [0.2, 0.25) is 0 Å². The first-order valence-electron chi connectivity index (χ1n) is 5.82. The Kier molecular flexibility index (Phi) is 4.97. The molecule has 0 saturated carbocycles. The number of benzene rings is 1. The molecule has 0 aliphatic carbocycles. The summed E-state index contributed by atoms with van der Waals surface area (Å²) < 4.78 is 0. The second-order valence-corrected chi connectivity index (χ2v) is 4.51. The van der Waals surface area contributed by atoms with E-state index in [4.69, 9.17) is 5.73 Å². The predicted octanol–water partition coefficient (Wildman–Crippen LogP) is 1.82. The van der Waals surface area contributed by atoms with Gasteiger partial charge in [-0.1, -0.05) is 6.07 Å². The number of nitrogens with zero attached hydrogens (tertiary/aromatic N) is 1. The van der Waals surface area contributed by atoms with Crippen LogP contribution in [0, 0.1) is 0 Å². The lowest BCUT2D eigenvalue weighted by atomic mass is 10.2. The highest BCUT2D eigenvalue weighted by molar-refractivity contribution is 5.91. The molecule has 0 aromatic heterocycles. The summed E-state index contributed by atoms with van der Waals surface area (Å²) in [6, 6.07) is 7.82. The van der Waals surface area contributed by atoms with Gasteiger partial charge in [0.1, 0.15) is 0 Å². The van der Waals surface area contributed by atoms with E-state index in [9.17, 15) is 4.79 Å². The molecule has 0 fully saturated rings. The van der Waals surface area contributed by atoms with E-state index >= 15 is 0 Å². The Morgan fingerprint density at radius 2 is 2.18 bits per heavy atom. The van der Waals surface area contributed by atoms with Crippen molar-refractivity contribution in [2.75, 3.05) is 24.3 Å². The summed E-state index contributed by atoms with van der Waals surface area (Å²) in [5.41, 5.74) is 7.50. The van der Waals surface area contributed by atoms with Gasteiger partial charge in [0.05, 0.1) is 0 Å². The van der Waals surface area contributed by atoms with Crippen molar-refractivity contribution in [2.45, 2.75) is 25.8 Å². The summed E-state index contributed by atoms with van der Waals surface area (Å²) >= 11 is 0. The predicted molar refractivity (Wildman–Crippen MR) is 72.3 cm³/mol. The molecule has 1 aromatic carbocycles. The third kappa shape index (κ3) is 4.87. The van der Waals surface area contributed by atoms with Gasteiger partial charge >= 0.3 is 0 Å². The van der Waals surface area contributed by atoms with Gasteiger partial charge in [0.25, 0.3) is 0 Å². The molecule has 4 nitrogen and oxygen atoms in total. The Labute approximate surface area is 103 Å². The van der Waals surface area contributed by atoms with Crippen molar-refractivity contribution in [3.63, 3.8) is 0 Å². The maximum Gasteiger partial charge on any atom is 0.224 e. The Balaban J connectivity index is 2.56. The fourth-order valence-electron chi connectivity index (χ4n) is 1.44. The largest absolute Gasteiger partial charge is 0.378 e. The maximum absolute atomic E-state index is 11.6. The molecule has 4 heteroatoms. The second kappa shape index (κ2) is 6.25. The summed E-state index contributed by atoms with van der Waals surface area (Å²) in [5, 5.41) is 2.87. The second-order valence-electron chi connectivity index (χ2n) is 4.51. The van der Waals surface area contributed by atoms with Gasteiger partial charge in [-0.15, -0.1) is 0 Å². The lowest BCUT2D eigenvalue weighted by Crippen LogP contribution is -2.19. The first kappa shape index (κ1) is 13.5. The molecular weight excluding hydrogens is 214 g/mol. The van der Waals surface area contributed by atoms with Gasteiger partial charge in [-0.3, -0.25) is 4.79 Å². The molecule has 1 atom stereocenters. The first-order valence-corrected chi connectivity index (χ1v) is 5.82. The van der Waals surface area contributed by atoms with Gasteiger partial charge in [0.15, 0.2) is 0 Å². The number of nitrogens with two attached hydrogens (primary N) is 1. The maximum atomic E-state index is 11.6. The highest BCUT2D eigenvalue weighted by Crippen LogP contribution is 2.17. The van der Waals surface area contributed by atoms with Crippen LogP contribution >= 0.6 is 0 Å². The van der Waals surface area contributed by atoms with Crippen molar-refractivity contribution in [3.05, 3.63) is 24.3 Å². The minimum atomic E-state index is 0.0122. The minimum absolute atomic E-state index is 0.0122. The highest BCUT2D eigenvalue weighted by atomic mass is 16.1. The Morgan fingerprint density at radius 3 is 2.76 bits per heavy atom. The molecule has 0 aliphatic heterocycles. The van der Waals surface area contributed by atoms with Gasteiger partial charge in [-0.2, -0.15) is 0 Å². The van der Waals surface area contributed by atoms with Gasteiger partial charge in [0.2, 0.25) is 5.91 Å². The van der Waals surface area contributed by atoms with Crippen molar-refractivity contribution < 1.29 is 4.79 Å². The van der Waals surface area contributed by atoms with Crippen LogP contribution in [0.25, 0.3) is 0 Å². The summed E-state index contributed by atoms with van der Waals surface area (Å²) in [6.45, 7) is 1.90. The summed E-state index contributed by atoms with van der Waals surface area (Å²) in [7, 11) is 3.94. The smallest absolute Gasteiger partial charge is 0.224 e. The molecule has 0 heterocycles. The van der Waals surface area contributed by atoms with Crippen molar-refractivity contribution >= 4 is 17.3 Å². The van der Waals surface area contributed by atoms with Gasteiger partial charge in [-0.05, 0) is 31.5 Å². The van der Waals surface area contributed by atoms with Crippen LogP contribution in [0.1, 0.15) is 19.8 Å². The standard InChI is InChI=1S/C13H21N3O/c1-10(14)7-8-13(17)15-11-5-4-6-12(9-11)16(2)3/h4-6,9-10H,7-8,14H2,1-3H3,(H,15,17). The Morgan fingerprint density at radius 1 is 1.47 bits per heavy atom. The van der Waals surface area contributed by atoms with Crippen LogP contribution in [0.3, 0.4) is 0 Å². The molecule has 0 saturated heterocycles. The molecule has 0 radical (unpaired) electrons. The zero-order chi connectivity index (χ0) is 12.8. The number of rotatable bonds is 5. The molecule has 94 valence electrons. The Bertz CT molecular complexity index is 375. The number of carbonyl (C=O) groups excluding carboxylic acids is 1. The number of amides is 1. The summed E-state index contributed by atoms with van der Waals surface area (Å²) in [4.78, 5) is 13.6. The highest BCUT2D eigenvalue weighted by Gasteiger charge is 2.05. The van der Waals surface area contributed by atoms with Gasteiger partial charge < -0.3 is 16.0 Å². The van der Waals surface area contributed by atoms with E-state index in [2.05, 4.69) is 5.32 Å². The van der Waals surface area contributed by atoms with Crippen LogP contribution in [0.5, 0.6) is 0 Å². The number of nitrogens with one attached hydrogen (secondary N) is 1. The summed E-state index contributed by atoms with van der Waals surface area (Å²) in [5.74, 6) is 0.0122. The van der Waals surface area contributed by atoms with E-state index in [1.165, 1.54) is 0 Å². The molecular formula is C13H21N3O. The van der Waals surface area contributed by atoms with Gasteiger partial charge in [-0.25, -0.2) is 0 Å².